The van der Waals surface area contributed by atoms with Gasteiger partial charge in [-0.25, -0.2) is 0 Å². The minimum Gasteiger partial charge on any atom is -0.361 e. The van der Waals surface area contributed by atoms with E-state index in [1.807, 2.05) is 19.9 Å². The maximum atomic E-state index is 12.9. The van der Waals surface area contributed by atoms with Crippen LogP contribution in [-0.2, 0) is 11.2 Å². The number of aromatic nitrogens is 1. The second-order valence-corrected chi connectivity index (χ2v) is 8.58. The molecule has 2 aliphatic rings. The molecular formula is C25H38N4O. The van der Waals surface area contributed by atoms with Crippen LogP contribution in [0.2, 0.25) is 0 Å². The van der Waals surface area contributed by atoms with Crippen molar-refractivity contribution < 1.29 is 4.79 Å². The van der Waals surface area contributed by atoms with Crippen LogP contribution in [0.5, 0.6) is 0 Å². The molecule has 0 spiro atoms. The number of hydrogen-bond acceptors (Lipinski definition) is 3. The summed E-state index contributed by atoms with van der Waals surface area (Å²) in [5.74, 6) is 0.646. The summed E-state index contributed by atoms with van der Waals surface area (Å²) in [4.78, 5) is 21.0. The molecule has 1 aliphatic carbocycles. The molecule has 4 rings (SSSR count). The topological polar surface area (TPSA) is 51.4 Å². The molecule has 0 saturated carbocycles. The number of carbonyl (C=O) groups is 1. The smallest absolute Gasteiger partial charge is 0.224 e. The highest BCUT2D eigenvalue weighted by Gasteiger charge is 2.42. The molecule has 1 aromatic heterocycles. The number of fused-ring (bicyclic) bond motifs is 2. The van der Waals surface area contributed by atoms with Gasteiger partial charge >= 0.3 is 0 Å². The van der Waals surface area contributed by atoms with Gasteiger partial charge in [0.05, 0.1) is 5.92 Å². The van der Waals surface area contributed by atoms with Gasteiger partial charge in [0.2, 0.25) is 5.91 Å². The molecule has 1 fully saturated rings. The Hall–Kier alpha value is -2.11. The van der Waals surface area contributed by atoms with Gasteiger partial charge in [-0.2, -0.15) is 0 Å². The van der Waals surface area contributed by atoms with Gasteiger partial charge in [-0.05, 0) is 57.1 Å². The quantitative estimate of drug-likeness (QED) is 0.540. The maximum Gasteiger partial charge on any atom is 0.224 e. The summed E-state index contributed by atoms with van der Waals surface area (Å²) >= 11 is 0. The lowest BCUT2D eigenvalue weighted by atomic mass is 9.72. The molecule has 0 bridgehead atoms. The molecule has 30 heavy (non-hydrogen) atoms. The fraction of sp³-hybridized carbons (Fsp3) is 0.560. The highest BCUT2D eigenvalue weighted by Crippen LogP contribution is 2.44. The van der Waals surface area contributed by atoms with Crippen LogP contribution in [0.1, 0.15) is 43.7 Å². The molecular weight excluding hydrogens is 372 g/mol. The van der Waals surface area contributed by atoms with Crippen molar-refractivity contribution in [1.82, 2.24) is 20.1 Å². The third-order valence-electron chi connectivity index (χ3n) is 6.39. The van der Waals surface area contributed by atoms with E-state index in [0.717, 1.165) is 45.4 Å². The lowest BCUT2D eigenvalue weighted by Gasteiger charge is -2.46. The molecule has 164 valence electrons. The maximum absolute atomic E-state index is 12.9. The van der Waals surface area contributed by atoms with Crippen LogP contribution in [0.3, 0.4) is 0 Å². The van der Waals surface area contributed by atoms with Crippen LogP contribution in [0.25, 0.3) is 10.9 Å². The van der Waals surface area contributed by atoms with Gasteiger partial charge in [0, 0.05) is 48.7 Å². The van der Waals surface area contributed by atoms with Gasteiger partial charge in [-0.3, -0.25) is 9.69 Å². The van der Waals surface area contributed by atoms with Crippen molar-refractivity contribution in [2.75, 3.05) is 40.3 Å². The third kappa shape index (κ3) is 4.62. The summed E-state index contributed by atoms with van der Waals surface area (Å²) in [6.07, 6.45) is 7.11. The molecule has 1 saturated heterocycles. The summed E-state index contributed by atoms with van der Waals surface area (Å²) in [5, 5.41) is 4.56. The number of carbonyl (C=O) groups excluding carboxylic acids is 1. The van der Waals surface area contributed by atoms with E-state index in [9.17, 15) is 4.79 Å². The van der Waals surface area contributed by atoms with E-state index >= 15 is 0 Å². The highest BCUT2D eigenvalue weighted by molar-refractivity contribution is 5.88. The normalized spacial score (nSPS) is 22.9. The molecule has 1 aliphatic heterocycles. The van der Waals surface area contributed by atoms with Crippen molar-refractivity contribution in [2.45, 2.75) is 45.1 Å². The average Bonchev–Trinajstić information content (AvgIpc) is 3.17. The fourth-order valence-corrected chi connectivity index (χ4v) is 5.11. The second-order valence-electron chi connectivity index (χ2n) is 8.58. The Morgan fingerprint density at radius 3 is 2.90 bits per heavy atom. The van der Waals surface area contributed by atoms with E-state index in [2.05, 4.69) is 65.2 Å². The minimum absolute atomic E-state index is 0.0382. The summed E-state index contributed by atoms with van der Waals surface area (Å²) in [6, 6.07) is 7.01. The second kappa shape index (κ2) is 10.3. The molecule has 2 heterocycles. The molecule has 5 nitrogen and oxygen atoms in total. The molecule has 0 radical (unpaired) electrons. The predicted octanol–water partition coefficient (Wildman–Crippen LogP) is 3.78. The Balaban J connectivity index is 0.00000124. The molecule has 2 aromatic rings. The van der Waals surface area contributed by atoms with E-state index in [-0.39, 0.29) is 11.8 Å². The highest BCUT2D eigenvalue weighted by atomic mass is 16.1. The monoisotopic (exact) mass is 410 g/mol. The Bertz CT molecular complexity index is 856. The first-order chi connectivity index (χ1) is 14.6. The number of nitrogens with zero attached hydrogens (tertiary/aromatic N) is 2. The number of rotatable bonds is 7. The third-order valence-corrected chi connectivity index (χ3v) is 6.39. The van der Waals surface area contributed by atoms with Gasteiger partial charge in [0.25, 0.3) is 0 Å². The van der Waals surface area contributed by atoms with E-state index < -0.39 is 0 Å². The van der Waals surface area contributed by atoms with Gasteiger partial charge in [0.15, 0.2) is 0 Å². The van der Waals surface area contributed by atoms with Gasteiger partial charge in [-0.15, -0.1) is 6.58 Å². The Morgan fingerprint density at radius 2 is 2.17 bits per heavy atom. The lowest BCUT2D eigenvalue weighted by molar-refractivity contribution is -0.127. The zero-order valence-electron chi connectivity index (χ0n) is 19.1. The number of likely N-dealkylation sites (tertiary alicyclic amines) is 1. The minimum atomic E-state index is 0.0382. The van der Waals surface area contributed by atoms with Crippen molar-refractivity contribution >= 4 is 16.8 Å². The average molecular weight is 411 g/mol. The van der Waals surface area contributed by atoms with Crippen LogP contribution in [0.4, 0.5) is 0 Å². The number of benzene rings is 1. The molecule has 3 atom stereocenters. The zero-order valence-corrected chi connectivity index (χ0v) is 19.1. The first-order valence-corrected chi connectivity index (χ1v) is 11.4. The number of piperidine rings is 1. The van der Waals surface area contributed by atoms with E-state index in [1.54, 1.807) is 0 Å². The molecule has 5 heteroatoms. The van der Waals surface area contributed by atoms with E-state index in [4.69, 9.17) is 0 Å². The van der Waals surface area contributed by atoms with Crippen molar-refractivity contribution in [1.29, 1.82) is 0 Å². The first-order valence-electron chi connectivity index (χ1n) is 11.4. The van der Waals surface area contributed by atoms with Gasteiger partial charge in [-0.1, -0.05) is 32.1 Å². The summed E-state index contributed by atoms with van der Waals surface area (Å²) in [6.45, 7) is 11.4. The van der Waals surface area contributed by atoms with Crippen LogP contribution in [-0.4, -0.2) is 67.0 Å². The standard InChI is InChI=1S/C23H32N4O.C2H6/c1-4-10-27-15-17(23(28)24-9-6-11-26(2)3)12-19-18-7-5-8-20-22(18)16(14-25-20)13-21(19)27;1-2/h4-5,7-8,14,17,19,21,25H,1,6,9-13,15H2,2-3H3,(H,24,28);1-2H3/t17-,19?,21-;/m1./s1. The van der Waals surface area contributed by atoms with Crippen LogP contribution in [0, 0.1) is 5.92 Å². The summed E-state index contributed by atoms with van der Waals surface area (Å²) in [7, 11) is 4.13. The zero-order chi connectivity index (χ0) is 21.7. The van der Waals surface area contributed by atoms with Crippen LogP contribution >= 0.6 is 0 Å². The largest absolute Gasteiger partial charge is 0.361 e. The number of aromatic amines is 1. The van der Waals surface area contributed by atoms with Crippen molar-refractivity contribution in [3.8, 4) is 0 Å². The molecule has 2 N–H and O–H groups in total. The van der Waals surface area contributed by atoms with Gasteiger partial charge in [0.1, 0.15) is 0 Å². The first kappa shape index (κ1) is 22.6. The SMILES string of the molecule is C=CCN1C[C@H](C(=O)NCCCN(C)C)CC2c3cccc4[nH]cc(c34)C[C@H]21.CC. The van der Waals surface area contributed by atoms with Crippen LogP contribution in [0.15, 0.2) is 37.1 Å². The Morgan fingerprint density at radius 1 is 1.37 bits per heavy atom. The fourth-order valence-electron chi connectivity index (χ4n) is 5.11. The number of amides is 1. The van der Waals surface area contributed by atoms with E-state index in [0.29, 0.717) is 12.0 Å². The van der Waals surface area contributed by atoms with Crippen molar-refractivity contribution in [3.05, 3.63) is 48.2 Å². The number of hydrogen-bond donors (Lipinski definition) is 2. The van der Waals surface area contributed by atoms with Crippen LogP contribution < -0.4 is 5.32 Å². The van der Waals surface area contributed by atoms with Crippen molar-refractivity contribution in [3.63, 3.8) is 0 Å². The Kier molecular flexibility index (Phi) is 7.73. The van der Waals surface area contributed by atoms with Gasteiger partial charge < -0.3 is 15.2 Å². The lowest BCUT2D eigenvalue weighted by Crippen LogP contribution is -2.53. The number of nitrogens with one attached hydrogen (secondary N) is 2. The molecule has 1 unspecified atom stereocenters. The Labute approximate surface area is 181 Å². The summed E-state index contributed by atoms with van der Waals surface area (Å²) < 4.78 is 0. The summed E-state index contributed by atoms with van der Waals surface area (Å²) in [5.41, 5.74) is 4.04. The molecule has 1 aromatic carbocycles. The molecule has 1 amide bonds. The van der Waals surface area contributed by atoms with Crippen molar-refractivity contribution in [2.24, 2.45) is 5.92 Å². The van der Waals surface area contributed by atoms with E-state index in [1.165, 1.54) is 22.0 Å². The predicted molar refractivity (Wildman–Crippen MR) is 126 cm³/mol. The number of H-pyrrole nitrogens is 1.